The number of carbonyl (C=O) groups excluding carboxylic acids is 3. The van der Waals surface area contributed by atoms with E-state index < -0.39 is 35.3 Å². The molecule has 10 heteroatoms. The molecule has 0 aliphatic carbocycles. The number of benzene rings is 4. The molecule has 3 aliphatic heterocycles. The molecule has 0 saturated carbocycles. The summed E-state index contributed by atoms with van der Waals surface area (Å²) in [6, 6.07) is 29.0. The Morgan fingerprint density at radius 1 is 1.00 bits per heavy atom. The first-order valence-corrected chi connectivity index (χ1v) is 17.7. The summed E-state index contributed by atoms with van der Waals surface area (Å²) in [5.41, 5.74) is 1.49. The molecule has 5 atom stereocenters. The van der Waals surface area contributed by atoms with E-state index in [2.05, 4.69) is 5.32 Å². The van der Waals surface area contributed by atoms with Gasteiger partial charge in [-0.1, -0.05) is 61.5 Å². The lowest BCUT2D eigenvalue weighted by Crippen LogP contribution is -2.48. The molecule has 9 nitrogen and oxygen atoms in total. The van der Waals surface area contributed by atoms with E-state index in [9.17, 15) is 19.5 Å². The van der Waals surface area contributed by atoms with Crippen LogP contribution in [0.3, 0.4) is 0 Å². The number of nitrogens with one attached hydrogen (secondary N) is 1. The van der Waals surface area contributed by atoms with Crippen molar-refractivity contribution in [2.45, 2.75) is 70.1 Å². The van der Waals surface area contributed by atoms with Gasteiger partial charge in [0.1, 0.15) is 11.4 Å². The third-order valence-corrected chi connectivity index (χ3v) is 11.0. The van der Waals surface area contributed by atoms with E-state index in [1.54, 1.807) is 59.4 Å². The van der Waals surface area contributed by atoms with E-state index in [0.717, 1.165) is 16.7 Å². The number of hydrogen-bond donors (Lipinski definition) is 2. The van der Waals surface area contributed by atoms with Crippen molar-refractivity contribution in [2.75, 3.05) is 23.9 Å². The molecule has 0 aromatic heterocycles. The van der Waals surface area contributed by atoms with Crippen LogP contribution in [0.25, 0.3) is 0 Å². The van der Waals surface area contributed by atoms with Gasteiger partial charge in [0.15, 0.2) is 5.60 Å². The molecule has 1 fully saturated rings. The number of carbonyl (C=O) groups is 3. The standard InChI is InChI=1S/C42H44FN3O6/c1-26-38(41(2,3)43)36(22-37(48)45-24-30-13-9-8-12-29(30)20-32(45)25-47)52-42(26)34-21-31(44-39(49)28-14-17-33(51-4)18-15-28)16-19-35(34)46(40(42)50)23-27-10-6-5-7-11-27/h5-19,21,26,32,36,38,47H,20,22-25H2,1-4H3,(H,44,49)/t26-,32-,36+,38-,42+/m0/s1. The van der Waals surface area contributed by atoms with Crippen molar-refractivity contribution in [2.24, 2.45) is 11.8 Å². The van der Waals surface area contributed by atoms with Gasteiger partial charge in [0, 0.05) is 35.2 Å². The third kappa shape index (κ3) is 6.24. The highest BCUT2D eigenvalue weighted by atomic mass is 19.1. The first kappa shape index (κ1) is 35.3. The smallest absolute Gasteiger partial charge is 0.264 e. The lowest BCUT2D eigenvalue weighted by molar-refractivity contribution is -0.151. The zero-order chi connectivity index (χ0) is 36.8. The molecule has 0 bridgehead atoms. The van der Waals surface area contributed by atoms with Crippen LogP contribution in [0.4, 0.5) is 15.8 Å². The Morgan fingerprint density at radius 3 is 2.37 bits per heavy atom. The number of hydrogen-bond acceptors (Lipinski definition) is 6. The van der Waals surface area contributed by atoms with Crippen molar-refractivity contribution in [3.63, 3.8) is 0 Å². The van der Waals surface area contributed by atoms with Crippen molar-refractivity contribution >= 4 is 29.1 Å². The molecule has 0 unspecified atom stereocenters. The summed E-state index contributed by atoms with van der Waals surface area (Å²) in [7, 11) is 1.55. The minimum atomic E-state index is -1.83. The number of methoxy groups -OCH3 is 1. The molecular weight excluding hydrogens is 661 g/mol. The van der Waals surface area contributed by atoms with E-state index in [-0.39, 0.29) is 37.3 Å². The Hall–Kier alpha value is -5.06. The van der Waals surface area contributed by atoms with E-state index in [1.165, 1.54) is 13.8 Å². The molecule has 3 amide bonds. The number of aliphatic hydroxyl groups is 1. The Morgan fingerprint density at radius 2 is 1.69 bits per heavy atom. The molecule has 3 aliphatic rings. The van der Waals surface area contributed by atoms with Gasteiger partial charge in [-0.05, 0) is 79.4 Å². The zero-order valence-electron chi connectivity index (χ0n) is 29.8. The quantitative estimate of drug-likeness (QED) is 0.208. The Bertz CT molecular complexity index is 1980. The predicted octanol–water partition coefficient (Wildman–Crippen LogP) is 6.42. The molecule has 4 aromatic rings. The van der Waals surface area contributed by atoms with Crippen molar-refractivity contribution < 1.29 is 33.4 Å². The van der Waals surface area contributed by atoms with Gasteiger partial charge in [0.2, 0.25) is 5.91 Å². The maximum absolute atomic E-state index is 16.5. The second kappa shape index (κ2) is 13.8. The van der Waals surface area contributed by atoms with Gasteiger partial charge in [-0.25, -0.2) is 4.39 Å². The van der Waals surface area contributed by atoms with Crippen LogP contribution in [0.15, 0.2) is 97.1 Å². The van der Waals surface area contributed by atoms with Gasteiger partial charge < -0.3 is 29.7 Å². The molecule has 4 aromatic carbocycles. The lowest BCUT2D eigenvalue weighted by Gasteiger charge is -2.37. The SMILES string of the molecule is COc1ccc(C(=O)Nc2ccc3c(c2)[C@@]2(O[C@H](CC(=O)N4Cc5ccccc5C[C@H]4CO)[C@@H](C(C)(C)F)[C@@H]2C)C(=O)N3Cc2ccccc2)cc1. The summed E-state index contributed by atoms with van der Waals surface area (Å²) in [5, 5.41) is 13.2. The number of fused-ring (bicyclic) bond motifs is 3. The van der Waals surface area contributed by atoms with Gasteiger partial charge >= 0.3 is 0 Å². The molecule has 270 valence electrons. The Labute approximate surface area is 303 Å². The maximum Gasteiger partial charge on any atom is 0.264 e. The molecule has 0 radical (unpaired) electrons. The van der Waals surface area contributed by atoms with Gasteiger partial charge in [-0.3, -0.25) is 14.4 Å². The first-order chi connectivity index (χ1) is 24.9. The Balaban J connectivity index is 1.25. The molecule has 3 heterocycles. The minimum Gasteiger partial charge on any atom is -0.497 e. The second-order valence-electron chi connectivity index (χ2n) is 14.6. The first-order valence-electron chi connectivity index (χ1n) is 17.7. The van der Waals surface area contributed by atoms with Crippen molar-refractivity contribution in [3.8, 4) is 5.75 Å². The predicted molar refractivity (Wildman–Crippen MR) is 196 cm³/mol. The summed E-state index contributed by atoms with van der Waals surface area (Å²) >= 11 is 0. The molecule has 1 saturated heterocycles. The van der Waals surface area contributed by atoms with Crippen molar-refractivity contribution in [3.05, 3.63) is 125 Å². The number of ether oxygens (including phenoxy) is 2. The maximum atomic E-state index is 16.5. The molecule has 1 spiro atoms. The number of alkyl halides is 1. The van der Waals surface area contributed by atoms with Crippen LogP contribution in [0, 0.1) is 11.8 Å². The summed E-state index contributed by atoms with van der Waals surface area (Å²) in [5.74, 6) is -1.88. The normalized spacial score (nSPS) is 23.8. The topological polar surface area (TPSA) is 108 Å². The monoisotopic (exact) mass is 705 g/mol. The fourth-order valence-corrected chi connectivity index (χ4v) is 8.53. The summed E-state index contributed by atoms with van der Waals surface area (Å²) in [6.07, 6.45) is -0.615. The number of aliphatic hydroxyl groups excluding tert-OH is 1. The summed E-state index contributed by atoms with van der Waals surface area (Å²) in [4.78, 5) is 45.7. The Kier molecular flexibility index (Phi) is 9.39. The van der Waals surface area contributed by atoms with Crippen LogP contribution in [-0.2, 0) is 39.4 Å². The average molecular weight is 706 g/mol. The van der Waals surface area contributed by atoms with Crippen LogP contribution in [0.1, 0.15) is 59.8 Å². The van der Waals surface area contributed by atoms with Crippen molar-refractivity contribution in [1.29, 1.82) is 0 Å². The largest absolute Gasteiger partial charge is 0.497 e. The molecular formula is C42H44FN3O6. The molecule has 2 N–H and O–H groups in total. The summed E-state index contributed by atoms with van der Waals surface area (Å²) in [6.45, 7) is 5.11. The molecule has 7 rings (SSSR count). The van der Waals surface area contributed by atoms with Gasteiger partial charge in [-0.15, -0.1) is 0 Å². The van der Waals surface area contributed by atoms with Crippen molar-refractivity contribution in [1.82, 2.24) is 4.90 Å². The highest BCUT2D eigenvalue weighted by molar-refractivity contribution is 6.09. The number of amides is 3. The summed E-state index contributed by atoms with van der Waals surface area (Å²) < 4.78 is 28.6. The van der Waals surface area contributed by atoms with Crippen LogP contribution in [0.2, 0.25) is 0 Å². The fourth-order valence-electron chi connectivity index (χ4n) is 8.53. The van der Waals surface area contributed by atoms with E-state index in [1.807, 2.05) is 61.5 Å². The average Bonchev–Trinajstić information content (AvgIpc) is 3.57. The highest BCUT2D eigenvalue weighted by Crippen LogP contribution is 2.59. The van der Waals surface area contributed by atoms with E-state index >= 15 is 4.39 Å². The third-order valence-electron chi connectivity index (χ3n) is 11.0. The van der Waals surface area contributed by atoms with Gasteiger partial charge in [0.05, 0.1) is 44.5 Å². The fraction of sp³-hybridized carbons (Fsp3) is 0.357. The second-order valence-corrected chi connectivity index (χ2v) is 14.6. The van der Waals surface area contributed by atoms with Gasteiger partial charge in [0.25, 0.3) is 11.8 Å². The lowest BCUT2D eigenvalue weighted by atomic mass is 9.71. The van der Waals surface area contributed by atoms with Crippen LogP contribution < -0.4 is 15.0 Å². The van der Waals surface area contributed by atoms with Crippen LogP contribution in [-0.4, -0.2) is 59.3 Å². The minimum absolute atomic E-state index is 0.169. The number of rotatable bonds is 9. The van der Waals surface area contributed by atoms with Crippen LogP contribution >= 0.6 is 0 Å². The number of nitrogens with zero attached hydrogens (tertiary/aromatic N) is 2. The molecule has 52 heavy (non-hydrogen) atoms. The van der Waals surface area contributed by atoms with Gasteiger partial charge in [-0.2, -0.15) is 0 Å². The van der Waals surface area contributed by atoms with Crippen LogP contribution in [0.5, 0.6) is 5.75 Å². The zero-order valence-corrected chi connectivity index (χ0v) is 29.8. The number of anilines is 2. The number of halogens is 1. The highest BCUT2D eigenvalue weighted by Gasteiger charge is 2.66. The van der Waals surface area contributed by atoms with E-state index in [0.29, 0.717) is 41.2 Å². The van der Waals surface area contributed by atoms with E-state index in [4.69, 9.17) is 9.47 Å².